The molecule has 0 fully saturated rings. The maximum Gasteiger partial charge on any atom is 0.338 e. The lowest BCUT2D eigenvalue weighted by Crippen LogP contribution is -2.04. The molecule has 1 aromatic rings. The zero-order chi connectivity index (χ0) is 10.7. The van der Waals surface area contributed by atoms with Crippen molar-refractivity contribution < 1.29 is 14.3 Å². The largest absolute Gasteiger partial charge is 0.496 e. The van der Waals surface area contributed by atoms with Gasteiger partial charge in [0.1, 0.15) is 5.75 Å². The summed E-state index contributed by atoms with van der Waals surface area (Å²) in [6.45, 7) is 3.81. The van der Waals surface area contributed by atoms with E-state index in [4.69, 9.17) is 4.74 Å². The Hall–Kier alpha value is -1.51. The molecule has 0 saturated heterocycles. The van der Waals surface area contributed by atoms with Crippen LogP contribution in [0.3, 0.4) is 0 Å². The van der Waals surface area contributed by atoms with Crippen LogP contribution in [0.1, 0.15) is 21.5 Å². The van der Waals surface area contributed by atoms with E-state index in [0.717, 1.165) is 11.1 Å². The van der Waals surface area contributed by atoms with Crippen LogP contribution < -0.4 is 4.74 Å². The average Bonchev–Trinajstić information content (AvgIpc) is 2.17. The Morgan fingerprint density at radius 1 is 1.14 bits per heavy atom. The van der Waals surface area contributed by atoms with Gasteiger partial charge in [-0.15, -0.1) is 0 Å². The Morgan fingerprint density at radius 2 is 1.79 bits per heavy atom. The van der Waals surface area contributed by atoms with E-state index in [0.29, 0.717) is 11.3 Å². The topological polar surface area (TPSA) is 35.5 Å². The summed E-state index contributed by atoms with van der Waals surface area (Å²) >= 11 is 0. The van der Waals surface area contributed by atoms with Crippen LogP contribution in [0.2, 0.25) is 0 Å². The summed E-state index contributed by atoms with van der Waals surface area (Å²) in [6, 6.07) is 3.61. The van der Waals surface area contributed by atoms with Gasteiger partial charge in [-0.3, -0.25) is 0 Å². The van der Waals surface area contributed by atoms with Gasteiger partial charge in [0.15, 0.2) is 0 Å². The molecule has 0 saturated carbocycles. The summed E-state index contributed by atoms with van der Waals surface area (Å²) in [5, 5.41) is 0. The van der Waals surface area contributed by atoms with Gasteiger partial charge in [0.25, 0.3) is 0 Å². The summed E-state index contributed by atoms with van der Waals surface area (Å²) in [5.41, 5.74) is 2.46. The number of carbonyl (C=O) groups excluding carboxylic acids is 1. The van der Waals surface area contributed by atoms with Crippen molar-refractivity contribution in [2.75, 3.05) is 14.2 Å². The second-order valence-electron chi connectivity index (χ2n) is 3.13. The maximum atomic E-state index is 11.3. The molecule has 0 aliphatic heterocycles. The molecule has 0 spiro atoms. The molecule has 1 aromatic carbocycles. The van der Waals surface area contributed by atoms with Crippen molar-refractivity contribution in [3.63, 3.8) is 0 Å². The van der Waals surface area contributed by atoms with E-state index < -0.39 is 0 Å². The lowest BCUT2D eigenvalue weighted by atomic mass is 10.0. The van der Waals surface area contributed by atoms with E-state index >= 15 is 0 Å². The molecule has 0 bridgehead atoms. The number of esters is 1. The number of hydrogen-bond donors (Lipinski definition) is 0. The average molecular weight is 194 g/mol. The van der Waals surface area contributed by atoms with Gasteiger partial charge >= 0.3 is 5.97 Å². The molecule has 0 radical (unpaired) electrons. The van der Waals surface area contributed by atoms with Crippen LogP contribution in [0.15, 0.2) is 12.1 Å². The highest BCUT2D eigenvalue weighted by Gasteiger charge is 2.11. The number of carbonyl (C=O) groups is 1. The zero-order valence-corrected chi connectivity index (χ0v) is 8.88. The predicted octanol–water partition coefficient (Wildman–Crippen LogP) is 2.10. The summed E-state index contributed by atoms with van der Waals surface area (Å²) in [6.07, 6.45) is 0. The first-order valence-electron chi connectivity index (χ1n) is 4.33. The van der Waals surface area contributed by atoms with E-state index in [1.54, 1.807) is 13.2 Å². The van der Waals surface area contributed by atoms with Crippen LogP contribution in [0.25, 0.3) is 0 Å². The first-order chi connectivity index (χ1) is 6.60. The van der Waals surface area contributed by atoms with Gasteiger partial charge < -0.3 is 9.47 Å². The molecule has 0 amide bonds. The second kappa shape index (κ2) is 4.13. The normalized spacial score (nSPS) is 9.71. The fourth-order valence-corrected chi connectivity index (χ4v) is 1.38. The maximum absolute atomic E-state index is 11.3. The molecular weight excluding hydrogens is 180 g/mol. The SMILES string of the molecule is COC(=O)c1cc(OC)c(C)cc1C. The Kier molecular flexibility index (Phi) is 3.12. The first kappa shape index (κ1) is 10.6. The minimum Gasteiger partial charge on any atom is -0.496 e. The Bertz CT molecular complexity index is 356. The van der Waals surface area contributed by atoms with Crippen molar-refractivity contribution >= 4 is 5.97 Å². The number of ether oxygens (including phenoxy) is 2. The van der Waals surface area contributed by atoms with E-state index in [-0.39, 0.29) is 5.97 Å². The fraction of sp³-hybridized carbons (Fsp3) is 0.364. The van der Waals surface area contributed by atoms with Crippen LogP contribution in [0, 0.1) is 13.8 Å². The smallest absolute Gasteiger partial charge is 0.338 e. The minimum atomic E-state index is -0.333. The lowest BCUT2D eigenvalue weighted by molar-refractivity contribution is 0.0599. The number of methoxy groups -OCH3 is 2. The quantitative estimate of drug-likeness (QED) is 0.676. The highest BCUT2D eigenvalue weighted by Crippen LogP contribution is 2.22. The molecule has 3 heteroatoms. The van der Waals surface area contributed by atoms with Gasteiger partial charge in [-0.2, -0.15) is 0 Å². The molecule has 0 unspecified atom stereocenters. The highest BCUT2D eigenvalue weighted by molar-refractivity contribution is 5.91. The van der Waals surface area contributed by atoms with Gasteiger partial charge in [-0.25, -0.2) is 4.79 Å². The van der Waals surface area contributed by atoms with Gasteiger partial charge in [-0.1, -0.05) is 6.07 Å². The van der Waals surface area contributed by atoms with Crippen molar-refractivity contribution in [3.8, 4) is 5.75 Å². The molecule has 0 N–H and O–H groups in total. The van der Waals surface area contributed by atoms with Crippen LogP contribution in [0.5, 0.6) is 5.75 Å². The molecule has 0 heterocycles. The van der Waals surface area contributed by atoms with Gasteiger partial charge in [0, 0.05) is 0 Å². The predicted molar refractivity (Wildman–Crippen MR) is 53.8 cm³/mol. The first-order valence-corrected chi connectivity index (χ1v) is 4.33. The summed E-state index contributed by atoms with van der Waals surface area (Å²) < 4.78 is 9.79. The van der Waals surface area contributed by atoms with E-state index in [1.165, 1.54) is 7.11 Å². The van der Waals surface area contributed by atoms with Crippen molar-refractivity contribution in [3.05, 3.63) is 28.8 Å². The lowest BCUT2D eigenvalue weighted by Gasteiger charge is -2.09. The third kappa shape index (κ3) is 1.87. The van der Waals surface area contributed by atoms with Crippen molar-refractivity contribution in [1.29, 1.82) is 0 Å². The van der Waals surface area contributed by atoms with Crippen LogP contribution in [-0.2, 0) is 4.74 Å². The monoisotopic (exact) mass is 194 g/mol. The van der Waals surface area contributed by atoms with E-state index in [9.17, 15) is 4.79 Å². The zero-order valence-electron chi connectivity index (χ0n) is 8.88. The molecule has 1 rings (SSSR count). The van der Waals surface area contributed by atoms with Crippen molar-refractivity contribution in [1.82, 2.24) is 0 Å². The fourth-order valence-electron chi connectivity index (χ4n) is 1.38. The highest BCUT2D eigenvalue weighted by atomic mass is 16.5. The molecule has 0 aliphatic carbocycles. The molecule has 3 nitrogen and oxygen atoms in total. The molecular formula is C11H14O3. The molecule has 14 heavy (non-hydrogen) atoms. The van der Waals surface area contributed by atoms with Crippen LogP contribution in [0.4, 0.5) is 0 Å². The van der Waals surface area contributed by atoms with Gasteiger partial charge in [-0.05, 0) is 31.0 Å². The van der Waals surface area contributed by atoms with Crippen LogP contribution >= 0.6 is 0 Å². The second-order valence-corrected chi connectivity index (χ2v) is 3.13. The number of hydrogen-bond acceptors (Lipinski definition) is 3. The Balaban J connectivity index is 3.24. The third-order valence-electron chi connectivity index (χ3n) is 2.15. The third-order valence-corrected chi connectivity index (χ3v) is 2.15. The van der Waals surface area contributed by atoms with E-state index in [1.807, 2.05) is 19.9 Å². The van der Waals surface area contributed by atoms with Gasteiger partial charge in [0.05, 0.1) is 19.8 Å². The minimum absolute atomic E-state index is 0.333. The van der Waals surface area contributed by atoms with Crippen LogP contribution in [-0.4, -0.2) is 20.2 Å². The number of rotatable bonds is 2. The van der Waals surface area contributed by atoms with E-state index in [2.05, 4.69) is 4.74 Å². The summed E-state index contributed by atoms with van der Waals surface area (Å²) in [4.78, 5) is 11.3. The molecule has 0 aromatic heterocycles. The Labute approximate surface area is 83.6 Å². The van der Waals surface area contributed by atoms with Gasteiger partial charge in [0.2, 0.25) is 0 Å². The number of benzene rings is 1. The summed E-state index contributed by atoms with van der Waals surface area (Å²) in [5.74, 6) is 0.372. The standard InChI is InChI=1S/C11H14O3/c1-7-5-8(2)10(13-3)6-9(7)11(12)14-4/h5-6H,1-4H3. The molecule has 0 aliphatic rings. The van der Waals surface area contributed by atoms with Crippen molar-refractivity contribution in [2.45, 2.75) is 13.8 Å². The summed E-state index contributed by atoms with van der Waals surface area (Å²) in [7, 11) is 2.95. The van der Waals surface area contributed by atoms with Crippen molar-refractivity contribution in [2.24, 2.45) is 0 Å². The number of aryl methyl sites for hydroxylation is 2. The molecule has 0 atom stereocenters. The Morgan fingerprint density at radius 3 is 2.29 bits per heavy atom. The molecule has 76 valence electrons.